The van der Waals surface area contributed by atoms with Crippen molar-refractivity contribution in [1.82, 2.24) is 14.7 Å². The van der Waals surface area contributed by atoms with E-state index in [1.807, 2.05) is 37.6 Å². The van der Waals surface area contributed by atoms with E-state index in [2.05, 4.69) is 5.10 Å². The Labute approximate surface area is 189 Å². The van der Waals surface area contributed by atoms with Crippen LogP contribution in [0.15, 0.2) is 18.2 Å². The highest BCUT2D eigenvalue weighted by Gasteiger charge is 2.31. The zero-order chi connectivity index (χ0) is 23.6. The lowest BCUT2D eigenvalue weighted by Gasteiger charge is -2.20. The van der Waals surface area contributed by atoms with Crippen LogP contribution >= 0.6 is 0 Å². The fourth-order valence-corrected chi connectivity index (χ4v) is 5.89. The van der Waals surface area contributed by atoms with E-state index in [4.69, 9.17) is 9.47 Å². The minimum atomic E-state index is -3.01. The van der Waals surface area contributed by atoms with Gasteiger partial charge in [0.1, 0.15) is 0 Å². The van der Waals surface area contributed by atoms with Crippen LogP contribution in [0.1, 0.15) is 52.3 Å². The lowest BCUT2D eigenvalue weighted by molar-refractivity contribution is 0.0784. The zero-order valence-electron chi connectivity index (χ0n) is 19.5. The summed E-state index contributed by atoms with van der Waals surface area (Å²) in [6.45, 7) is 6.08. The summed E-state index contributed by atoms with van der Waals surface area (Å²) in [7, 11) is 1.84. The molecule has 1 unspecified atom stereocenters. The van der Waals surface area contributed by atoms with E-state index in [-0.39, 0.29) is 23.5 Å². The molecule has 0 bridgehead atoms. The lowest BCUT2D eigenvalue weighted by Crippen LogP contribution is -2.27. The molecule has 1 atom stereocenters. The maximum Gasteiger partial charge on any atom is 0.254 e. The Morgan fingerprint density at radius 2 is 2.00 bits per heavy atom. The van der Waals surface area contributed by atoms with Crippen LogP contribution in [0.3, 0.4) is 0 Å². The molecule has 2 aromatic rings. The maximum absolute atomic E-state index is 13.2. The highest BCUT2D eigenvalue weighted by Crippen LogP contribution is 2.34. The predicted octanol–water partition coefficient (Wildman–Crippen LogP) is 3.18. The van der Waals surface area contributed by atoms with Crippen LogP contribution in [0.2, 0.25) is 0 Å². The molecule has 1 saturated heterocycles. The molecule has 0 radical (unpaired) electrons. The van der Waals surface area contributed by atoms with Gasteiger partial charge < -0.3 is 14.4 Å². The zero-order valence-corrected chi connectivity index (χ0v) is 20.3. The van der Waals surface area contributed by atoms with Crippen molar-refractivity contribution in [3.8, 4) is 11.5 Å². The summed E-state index contributed by atoms with van der Waals surface area (Å²) in [4.78, 5) is 14.9. The third-order valence-electron chi connectivity index (χ3n) is 5.87. The molecule has 1 fully saturated rings. The summed E-state index contributed by atoms with van der Waals surface area (Å²) in [5.74, 6) is 1.21. The van der Waals surface area contributed by atoms with E-state index < -0.39 is 9.84 Å². The highest BCUT2D eigenvalue weighted by atomic mass is 32.2. The van der Waals surface area contributed by atoms with Gasteiger partial charge in [0.15, 0.2) is 21.3 Å². The number of sulfone groups is 1. The molecular formula is C23H31N3O5S. The molecule has 0 spiro atoms. The average molecular weight is 462 g/mol. The Morgan fingerprint density at radius 1 is 1.28 bits per heavy atom. The number of nitrogens with zero attached hydrogens (tertiary/aromatic N) is 3. The number of hydrogen-bond acceptors (Lipinski definition) is 6. The Morgan fingerprint density at radius 3 is 2.56 bits per heavy atom. The fraction of sp³-hybridized carbons (Fsp3) is 0.478. The number of aryl methyl sites for hydroxylation is 1. The second-order valence-corrected chi connectivity index (χ2v) is 10.3. The Bertz CT molecular complexity index is 1150. The number of amides is 1. The van der Waals surface area contributed by atoms with Crippen molar-refractivity contribution in [2.24, 2.45) is 0 Å². The normalized spacial score (nSPS) is 17.6. The number of allylic oxidation sites excluding steroid dienone is 1. The third kappa shape index (κ3) is 4.67. The van der Waals surface area contributed by atoms with Gasteiger partial charge in [-0.05, 0) is 39.3 Å². The first-order chi connectivity index (χ1) is 15.1. The summed E-state index contributed by atoms with van der Waals surface area (Å²) in [5.41, 5.74) is 3.87. The number of methoxy groups -OCH3 is 2. The number of aromatic nitrogens is 2. The first-order valence-electron chi connectivity index (χ1n) is 10.5. The molecule has 1 aromatic heterocycles. The van der Waals surface area contributed by atoms with Crippen molar-refractivity contribution in [1.29, 1.82) is 0 Å². The van der Waals surface area contributed by atoms with Gasteiger partial charge in [0, 0.05) is 36.0 Å². The molecule has 0 N–H and O–H groups in total. The number of hydrogen-bond donors (Lipinski definition) is 0. The standard InChI is InChI=1S/C23H31N3O5S/c1-7-8-17-11-18(12-21(30-5)22(17)31-6)23(27)25(4)13-20-15(2)24-26(16(20)3)19-9-10-32(28,29)14-19/h7-8,11-12,19H,9-10,13-14H2,1-6H3. The van der Waals surface area contributed by atoms with Gasteiger partial charge in [-0.15, -0.1) is 0 Å². The SMILES string of the molecule is CC=Cc1cc(C(=O)N(C)Cc2c(C)nn(C3CCS(=O)(=O)C3)c2C)cc(OC)c1OC. The van der Waals surface area contributed by atoms with Crippen LogP contribution in [0.25, 0.3) is 6.08 Å². The average Bonchev–Trinajstić information content (AvgIpc) is 3.25. The number of carbonyl (C=O) groups excluding carboxylic acids is 1. The molecule has 174 valence electrons. The van der Waals surface area contributed by atoms with Gasteiger partial charge in [-0.3, -0.25) is 9.48 Å². The molecule has 1 aliphatic heterocycles. The Balaban J connectivity index is 1.87. The van der Waals surface area contributed by atoms with Crippen molar-refractivity contribution >= 4 is 21.8 Å². The van der Waals surface area contributed by atoms with Crippen molar-refractivity contribution in [3.63, 3.8) is 0 Å². The van der Waals surface area contributed by atoms with Gasteiger partial charge in [0.05, 0.1) is 37.5 Å². The third-order valence-corrected chi connectivity index (χ3v) is 7.62. The number of ether oxygens (including phenoxy) is 2. The van der Waals surface area contributed by atoms with Gasteiger partial charge in [0.25, 0.3) is 5.91 Å². The second-order valence-electron chi connectivity index (χ2n) is 8.11. The molecule has 9 heteroatoms. The Kier molecular flexibility index (Phi) is 6.97. The molecule has 1 aliphatic rings. The first-order valence-corrected chi connectivity index (χ1v) is 12.3. The van der Waals surface area contributed by atoms with Crippen molar-refractivity contribution < 1.29 is 22.7 Å². The van der Waals surface area contributed by atoms with Gasteiger partial charge in [-0.25, -0.2) is 8.42 Å². The summed E-state index contributed by atoms with van der Waals surface area (Å²) >= 11 is 0. The van der Waals surface area contributed by atoms with Crippen molar-refractivity contribution in [2.75, 3.05) is 32.8 Å². The van der Waals surface area contributed by atoms with Crippen molar-refractivity contribution in [3.05, 3.63) is 46.3 Å². The second kappa shape index (κ2) is 9.36. The van der Waals surface area contributed by atoms with E-state index in [9.17, 15) is 13.2 Å². The summed E-state index contributed by atoms with van der Waals surface area (Å²) in [6.07, 6.45) is 4.31. The summed E-state index contributed by atoms with van der Waals surface area (Å²) < 4.78 is 36.5. The minimum absolute atomic E-state index is 0.114. The predicted molar refractivity (Wildman–Crippen MR) is 124 cm³/mol. The first kappa shape index (κ1) is 23.8. The van der Waals surface area contributed by atoms with Gasteiger partial charge in [-0.1, -0.05) is 12.2 Å². The number of benzene rings is 1. The van der Waals surface area contributed by atoms with Crippen LogP contribution in [0.5, 0.6) is 11.5 Å². The van der Waals surface area contributed by atoms with Crippen LogP contribution in [0, 0.1) is 13.8 Å². The molecule has 3 rings (SSSR count). The van der Waals surface area contributed by atoms with E-state index in [1.54, 1.807) is 38.3 Å². The smallest absolute Gasteiger partial charge is 0.254 e. The van der Waals surface area contributed by atoms with Gasteiger partial charge >= 0.3 is 0 Å². The molecule has 8 nitrogen and oxygen atoms in total. The molecular weight excluding hydrogens is 430 g/mol. The van der Waals surface area contributed by atoms with E-state index in [0.717, 1.165) is 22.5 Å². The van der Waals surface area contributed by atoms with Crippen LogP contribution < -0.4 is 9.47 Å². The van der Waals surface area contributed by atoms with E-state index in [0.29, 0.717) is 30.0 Å². The largest absolute Gasteiger partial charge is 0.493 e. The van der Waals surface area contributed by atoms with E-state index >= 15 is 0 Å². The maximum atomic E-state index is 13.2. The fourth-order valence-electron chi connectivity index (χ4n) is 4.20. The van der Waals surface area contributed by atoms with Crippen LogP contribution in [-0.2, 0) is 16.4 Å². The highest BCUT2D eigenvalue weighted by molar-refractivity contribution is 7.91. The van der Waals surface area contributed by atoms with Crippen LogP contribution in [0.4, 0.5) is 0 Å². The van der Waals surface area contributed by atoms with Crippen LogP contribution in [-0.4, -0.2) is 61.8 Å². The molecule has 2 heterocycles. The monoisotopic (exact) mass is 461 g/mol. The van der Waals surface area contributed by atoms with Gasteiger partial charge in [-0.2, -0.15) is 5.10 Å². The molecule has 0 aliphatic carbocycles. The Hall–Kier alpha value is -2.81. The minimum Gasteiger partial charge on any atom is -0.493 e. The molecule has 1 aromatic carbocycles. The van der Waals surface area contributed by atoms with E-state index in [1.165, 1.54) is 0 Å². The summed E-state index contributed by atoms with van der Waals surface area (Å²) in [5, 5.41) is 4.60. The molecule has 32 heavy (non-hydrogen) atoms. The topological polar surface area (TPSA) is 90.7 Å². The van der Waals surface area contributed by atoms with Crippen molar-refractivity contribution in [2.45, 2.75) is 39.8 Å². The molecule has 0 saturated carbocycles. The number of rotatable bonds is 7. The quantitative estimate of drug-likeness (QED) is 0.629. The molecule has 1 amide bonds. The lowest BCUT2D eigenvalue weighted by atomic mass is 10.1. The number of carbonyl (C=O) groups is 1. The van der Waals surface area contributed by atoms with Gasteiger partial charge in [0.2, 0.25) is 0 Å². The summed E-state index contributed by atoms with van der Waals surface area (Å²) in [6, 6.07) is 3.31.